The summed E-state index contributed by atoms with van der Waals surface area (Å²) in [6.45, 7) is 3.98. The van der Waals surface area contributed by atoms with Gasteiger partial charge in [-0.25, -0.2) is 15.0 Å². The zero-order valence-electron chi connectivity index (χ0n) is 15.3. The summed E-state index contributed by atoms with van der Waals surface area (Å²) >= 11 is 6.00. The third-order valence-corrected chi connectivity index (χ3v) is 5.08. The summed E-state index contributed by atoms with van der Waals surface area (Å²) in [5, 5.41) is 3.97. The molecule has 0 spiro atoms. The van der Waals surface area contributed by atoms with E-state index in [0.717, 1.165) is 41.6 Å². The molecule has 0 amide bonds. The minimum absolute atomic E-state index is 0.301. The van der Waals surface area contributed by atoms with Crippen LogP contribution in [0.1, 0.15) is 35.7 Å². The van der Waals surface area contributed by atoms with Crippen LogP contribution in [-0.2, 0) is 6.54 Å². The van der Waals surface area contributed by atoms with E-state index >= 15 is 0 Å². The standard InChI is InChI=1S/C21H22ClN5/c1-15-4-9-20(24-13-15)26-21-23-11-10-18(25-21)19-3-2-12-27(19)14-16-5-7-17(22)8-6-16/h4-11,13,19H,2-3,12,14H2,1H3,(H,23,24,25,26)/t19-/m0/s1. The molecule has 0 bridgehead atoms. The van der Waals surface area contributed by atoms with Crippen molar-refractivity contribution in [1.29, 1.82) is 0 Å². The van der Waals surface area contributed by atoms with Crippen LogP contribution in [0.2, 0.25) is 5.02 Å². The van der Waals surface area contributed by atoms with E-state index in [9.17, 15) is 0 Å². The molecule has 6 heteroatoms. The molecule has 0 unspecified atom stereocenters. The topological polar surface area (TPSA) is 53.9 Å². The van der Waals surface area contributed by atoms with Crippen LogP contribution in [0.5, 0.6) is 0 Å². The van der Waals surface area contributed by atoms with Gasteiger partial charge in [0.2, 0.25) is 5.95 Å². The minimum atomic E-state index is 0.301. The number of anilines is 2. The largest absolute Gasteiger partial charge is 0.309 e. The van der Waals surface area contributed by atoms with Gasteiger partial charge in [0.25, 0.3) is 0 Å². The number of nitrogens with zero attached hydrogens (tertiary/aromatic N) is 4. The third-order valence-electron chi connectivity index (χ3n) is 4.83. The Hall–Kier alpha value is -2.50. The maximum atomic E-state index is 6.00. The van der Waals surface area contributed by atoms with Crippen molar-refractivity contribution in [2.24, 2.45) is 0 Å². The zero-order chi connectivity index (χ0) is 18.6. The SMILES string of the molecule is Cc1ccc(Nc2nccc([C@@H]3CCCN3Cc3ccc(Cl)cc3)n2)nc1. The van der Waals surface area contributed by atoms with Gasteiger partial charge in [-0.1, -0.05) is 29.8 Å². The fourth-order valence-corrected chi connectivity index (χ4v) is 3.58. The van der Waals surface area contributed by atoms with E-state index in [1.807, 2.05) is 49.6 Å². The fourth-order valence-electron chi connectivity index (χ4n) is 3.45. The van der Waals surface area contributed by atoms with Gasteiger partial charge in [-0.3, -0.25) is 4.90 Å². The molecule has 1 saturated heterocycles. The first-order valence-electron chi connectivity index (χ1n) is 9.18. The number of aryl methyl sites for hydroxylation is 1. The molecule has 1 atom stereocenters. The normalized spacial score (nSPS) is 17.2. The van der Waals surface area contributed by atoms with Gasteiger partial charge in [-0.05, 0) is 61.7 Å². The third kappa shape index (κ3) is 4.43. The Morgan fingerprint density at radius 2 is 1.96 bits per heavy atom. The molecule has 1 aliphatic rings. The Morgan fingerprint density at radius 3 is 2.74 bits per heavy atom. The monoisotopic (exact) mass is 379 g/mol. The van der Waals surface area contributed by atoms with Crippen LogP contribution in [0.4, 0.5) is 11.8 Å². The molecule has 1 fully saturated rings. The molecule has 138 valence electrons. The Kier molecular flexibility index (Phi) is 5.32. The number of nitrogens with one attached hydrogen (secondary N) is 1. The second kappa shape index (κ2) is 8.03. The molecule has 0 saturated carbocycles. The molecular weight excluding hydrogens is 358 g/mol. The molecule has 1 aliphatic heterocycles. The highest BCUT2D eigenvalue weighted by Gasteiger charge is 2.27. The lowest BCUT2D eigenvalue weighted by Gasteiger charge is -2.24. The number of rotatable bonds is 5. The van der Waals surface area contributed by atoms with Crippen molar-refractivity contribution in [3.63, 3.8) is 0 Å². The van der Waals surface area contributed by atoms with E-state index in [1.165, 1.54) is 12.0 Å². The number of benzene rings is 1. The maximum Gasteiger partial charge on any atom is 0.228 e. The van der Waals surface area contributed by atoms with Crippen LogP contribution in [0.25, 0.3) is 0 Å². The number of hydrogen-bond acceptors (Lipinski definition) is 5. The second-order valence-corrected chi connectivity index (χ2v) is 7.34. The van der Waals surface area contributed by atoms with Gasteiger partial charge < -0.3 is 5.32 Å². The van der Waals surface area contributed by atoms with Crippen molar-refractivity contribution in [1.82, 2.24) is 19.9 Å². The maximum absolute atomic E-state index is 6.00. The number of aromatic nitrogens is 3. The average molecular weight is 380 g/mol. The van der Waals surface area contributed by atoms with Crippen LogP contribution in [0, 0.1) is 6.92 Å². The lowest BCUT2D eigenvalue weighted by molar-refractivity contribution is 0.244. The molecule has 1 N–H and O–H groups in total. The summed E-state index contributed by atoms with van der Waals surface area (Å²) in [5.41, 5.74) is 3.44. The van der Waals surface area contributed by atoms with Crippen LogP contribution in [0.3, 0.4) is 0 Å². The van der Waals surface area contributed by atoms with Crippen LogP contribution in [0.15, 0.2) is 54.9 Å². The molecule has 3 aromatic rings. The van der Waals surface area contributed by atoms with Gasteiger partial charge in [0.1, 0.15) is 5.82 Å². The molecule has 2 aromatic heterocycles. The zero-order valence-corrected chi connectivity index (χ0v) is 16.0. The molecule has 3 heterocycles. The summed E-state index contributed by atoms with van der Waals surface area (Å²) in [5.74, 6) is 1.34. The molecule has 27 heavy (non-hydrogen) atoms. The van der Waals surface area contributed by atoms with Gasteiger partial charge in [-0.15, -0.1) is 0 Å². The highest BCUT2D eigenvalue weighted by Crippen LogP contribution is 2.32. The van der Waals surface area contributed by atoms with Crippen molar-refractivity contribution in [2.75, 3.05) is 11.9 Å². The van der Waals surface area contributed by atoms with E-state index in [-0.39, 0.29) is 0 Å². The van der Waals surface area contributed by atoms with E-state index in [4.69, 9.17) is 16.6 Å². The minimum Gasteiger partial charge on any atom is -0.309 e. The van der Waals surface area contributed by atoms with E-state index in [0.29, 0.717) is 12.0 Å². The number of halogens is 1. The molecule has 0 aliphatic carbocycles. The number of hydrogen-bond donors (Lipinski definition) is 1. The van der Waals surface area contributed by atoms with Crippen molar-refractivity contribution in [3.05, 3.63) is 76.7 Å². The van der Waals surface area contributed by atoms with Crippen LogP contribution >= 0.6 is 11.6 Å². The Balaban J connectivity index is 1.49. The second-order valence-electron chi connectivity index (χ2n) is 6.91. The van der Waals surface area contributed by atoms with Gasteiger partial charge >= 0.3 is 0 Å². The first kappa shape index (κ1) is 17.9. The molecule has 4 rings (SSSR count). The first-order chi connectivity index (χ1) is 13.2. The Labute approximate surface area is 164 Å². The summed E-state index contributed by atoms with van der Waals surface area (Å²) in [6, 6.07) is 14.3. The summed E-state index contributed by atoms with van der Waals surface area (Å²) in [7, 11) is 0. The van der Waals surface area contributed by atoms with E-state index in [1.54, 1.807) is 0 Å². The number of pyridine rings is 1. The molecule has 0 radical (unpaired) electrons. The molecular formula is C21H22ClN5. The van der Waals surface area contributed by atoms with Crippen molar-refractivity contribution < 1.29 is 0 Å². The van der Waals surface area contributed by atoms with Crippen LogP contribution < -0.4 is 5.32 Å². The van der Waals surface area contributed by atoms with Gasteiger partial charge in [0.05, 0.1) is 11.7 Å². The van der Waals surface area contributed by atoms with Gasteiger partial charge in [0, 0.05) is 24.0 Å². The molecule has 5 nitrogen and oxygen atoms in total. The predicted molar refractivity (Wildman–Crippen MR) is 108 cm³/mol. The van der Waals surface area contributed by atoms with Crippen molar-refractivity contribution in [2.45, 2.75) is 32.4 Å². The van der Waals surface area contributed by atoms with E-state index < -0.39 is 0 Å². The smallest absolute Gasteiger partial charge is 0.228 e. The van der Waals surface area contributed by atoms with Gasteiger partial charge in [-0.2, -0.15) is 0 Å². The summed E-state index contributed by atoms with van der Waals surface area (Å²) < 4.78 is 0. The lowest BCUT2D eigenvalue weighted by Crippen LogP contribution is -2.23. The van der Waals surface area contributed by atoms with Crippen LogP contribution in [-0.4, -0.2) is 26.4 Å². The highest BCUT2D eigenvalue weighted by molar-refractivity contribution is 6.30. The Morgan fingerprint density at radius 1 is 1.11 bits per heavy atom. The van der Waals surface area contributed by atoms with E-state index in [2.05, 4.69) is 32.3 Å². The van der Waals surface area contributed by atoms with Crippen molar-refractivity contribution in [3.8, 4) is 0 Å². The lowest BCUT2D eigenvalue weighted by atomic mass is 10.1. The summed E-state index contributed by atoms with van der Waals surface area (Å²) in [6.07, 6.45) is 5.92. The first-order valence-corrected chi connectivity index (χ1v) is 9.56. The average Bonchev–Trinajstić information content (AvgIpc) is 3.14. The Bertz CT molecular complexity index is 895. The molecule has 1 aromatic carbocycles. The van der Waals surface area contributed by atoms with Gasteiger partial charge in [0.15, 0.2) is 0 Å². The fraction of sp³-hybridized carbons (Fsp3) is 0.286. The quantitative estimate of drug-likeness (QED) is 0.682. The number of likely N-dealkylation sites (tertiary alicyclic amines) is 1. The van der Waals surface area contributed by atoms with Crippen molar-refractivity contribution >= 4 is 23.4 Å². The summed E-state index contributed by atoms with van der Waals surface area (Å²) in [4.78, 5) is 15.9. The highest BCUT2D eigenvalue weighted by atomic mass is 35.5. The predicted octanol–water partition coefficient (Wildman–Crippen LogP) is 4.91.